The Bertz CT molecular complexity index is 617. The van der Waals surface area contributed by atoms with Gasteiger partial charge in [-0.2, -0.15) is 11.3 Å². The van der Waals surface area contributed by atoms with Crippen LogP contribution in [0.25, 0.3) is 0 Å². The summed E-state index contributed by atoms with van der Waals surface area (Å²) in [6.45, 7) is 0.739. The standard InChI is InChI=1S/C13H16N2O2S2/c1-15(2)19(16,17)13-5-3-12(4-6-13)14-9-11-7-8-18-10-11/h3-8,10,14H,9H2,1-2H3. The first-order valence-electron chi connectivity index (χ1n) is 5.78. The van der Waals surface area contributed by atoms with Crippen molar-refractivity contribution in [3.63, 3.8) is 0 Å². The monoisotopic (exact) mass is 296 g/mol. The second-order valence-electron chi connectivity index (χ2n) is 4.30. The van der Waals surface area contributed by atoms with E-state index in [1.165, 1.54) is 24.0 Å². The van der Waals surface area contributed by atoms with Crippen molar-refractivity contribution in [1.82, 2.24) is 4.31 Å². The van der Waals surface area contributed by atoms with E-state index in [0.717, 1.165) is 12.2 Å². The quantitative estimate of drug-likeness (QED) is 0.922. The van der Waals surface area contributed by atoms with Gasteiger partial charge in [0.1, 0.15) is 0 Å². The van der Waals surface area contributed by atoms with E-state index >= 15 is 0 Å². The van der Waals surface area contributed by atoms with Crippen molar-refractivity contribution in [2.75, 3.05) is 19.4 Å². The van der Waals surface area contributed by atoms with E-state index in [0.29, 0.717) is 4.90 Å². The number of hydrogen-bond donors (Lipinski definition) is 1. The molecule has 2 aromatic rings. The van der Waals surface area contributed by atoms with Gasteiger partial charge in [0.2, 0.25) is 10.0 Å². The fourth-order valence-corrected chi connectivity index (χ4v) is 3.12. The average molecular weight is 296 g/mol. The van der Waals surface area contributed by atoms with Crippen LogP contribution in [0.3, 0.4) is 0 Å². The summed E-state index contributed by atoms with van der Waals surface area (Å²) in [5.74, 6) is 0. The molecule has 0 aliphatic heterocycles. The molecule has 0 unspecified atom stereocenters. The van der Waals surface area contributed by atoms with E-state index in [-0.39, 0.29) is 0 Å². The van der Waals surface area contributed by atoms with Crippen molar-refractivity contribution < 1.29 is 8.42 Å². The normalized spacial score (nSPS) is 11.7. The summed E-state index contributed by atoms with van der Waals surface area (Å²) in [7, 11) is -0.293. The number of sulfonamides is 1. The fourth-order valence-electron chi connectivity index (χ4n) is 1.55. The third kappa shape index (κ3) is 3.34. The van der Waals surface area contributed by atoms with E-state index in [1.807, 2.05) is 5.38 Å². The van der Waals surface area contributed by atoms with Crippen LogP contribution in [0.2, 0.25) is 0 Å². The number of rotatable bonds is 5. The van der Waals surface area contributed by atoms with E-state index in [9.17, 15) is 8.42 Å². The molecule has 0 radical (unpaired) electrons. The summed E-state index contributed by atoms with van der Waals surface area (Å²) in [4.78, 5) is 0.304. The fraction of sp³-hybridized carbons (Fsp3) is 0.231. The first-order chi connectivity index (χ1) is 9.00. The molecule has 0 amide bonds. The Hall–Kier alpha value is -1.37. The molecule has 1 aromatic carbocycles. The maximum absolute atomic E-state index is 11.9. The van der Waals surface area contributed by atoms with E-state index in [4.69, 9.17) is 0 Å². The number of thiophene rings is 1. The average Bonchev–Trinajstić information content (AvgIpc) is 2.90. The number of nitrogens with zero attached hydrogens (tertiary/aromatic N) is 1. The molecular weight excluding hydrogens is 280 g/mol. The SMILES string of the molecule is CN(C)S(=O)(=O)c1ccc(NCc2ccsc2)cc1. The molecule has 0 aliphatic rings. The largest absolute Gasteiger partial charge is 0.381 e. The first-order valence-corrected chi connectivity index (χ1v) is 8.16. The molecule has 19 heavy (non-hydrogen) atoms. The van der Waals surface area contributed by atoms with E-state index < -0.39 is 10.0 Å². The van der Waals surface area contributed by atoms with Crippen molar-refractivity contribution in [1.29, 1.82) is 0 Å². The van der Waals surface area contributed by atoms with Gasteiger partial charge in [-0.3, -0.25) is 0 Å². The van der Waals surface area contributed by atoms with Crippen molar-refractivity contribution in [2.24, 2.45) is 0 Å². The van der Waals surface area contributed by atoms with Gasteiger partial charge in [0.25, 0.3) is 0 Å². The van der Waals surface area contributed by atoms with Crippen LogP contribution in [-0.2, 0) is 16.6 Å². The zero-order valence-corrected chi connectivity index (χ0v) is 12.5. The molecule has 0 saturated heterocycles. The van der Waals surface area contributed by atoms with Crippen LogP contribution in [0.1, 0.15) is 5.56 Å². The molecule has 4 nitrogen and oxygen atoms in total. The lowest BCUT2D eigenvalue weighted by atomic mass is 10.3. The third-order valence-corrected chi connectivity index (χ3v) is 5.27. The molecular formula is C13H16N2O2S2. The summed E-state index contributed by atoms with van der Waals surface area (Å²) in [5, 5.41) is 7.37. The molecule has 1 heterocycles. The Morgan fingerprint density at radius 1 is 1.16 bits per heavy atom. The lowest BCUT2D eigenvalue weighted by Gasteiger charge is -2.12. The molecule has 0 aliphatic carbocycles. The molecule has 1 aromatic heterocycles. The van der Waals surface area contributed by atoms with Gasteiger partial charge in [0.15, 0.2) is 0 Å². The Morgan fingerprint density at radius 3 is 2.37 bits per heavy atom. The minimum atomic E-state index is -3.34. The second kappa shape index (κ2) is 5.73. The number of anilines is 1. The van der Waals surface area contributed by atoms with Crippen LogP contribution in [0.15, 0.2) is 46.0 Å². The Kier molecular flexibility index (Phi) is 4.24. The topological polar surface area (TPSA) is 49.4 Å². The number of hydrogen-bond acceptors (Lipinski definition) is 4. The summed E-state index contributed by atoms with van der Waals surface area (Å²) in [6, 6.07) is 8.85. The molecule has 0 spiro atoms. The van der Waals surface area contributed by atoms with Gasteiger partial charge < -0.3 is 5.32 Å². The summed E-state index contributed by atoms with van der Waals surface area (Å²) >= 11 is 1.66. The van der Waals surface area contributed by atoms with Crippen molar-refractivity contribution in [3.05, 3.63) is 46.7 Å². The second-order valence-corrected chi connectivity index (χ2v) is 7.23. The van der Waals surface area contributed by atoms with Crippen molar-refractivity contribution in [2.45, 2.75) is 11.4 Å². The van der Waals surface area contributed by atoms with Crippen LogP contribution in [0.4, 0.5) is 5.69 Å². The van der Waals surface area contributed by atoms with Gasteiger partial charge >= 0.3 is 0 Å². The van der Waals surface area contributed by atoms with Crippen LogP contribution in [0.5, 0.6) is 0 Å². The van der Waals surface area contributed by atoms with Gasteiger partial charge in [-0.1, -0.05) is 0 Å². The number of benzene rings is 1. The molecule has 1 N–H and O–H groups in total. The highest BCUT2D eigenvalue weighted by atomic mass is 32.2. The van der Waals surface area contributed by atoms with Gasteiger partial charge in [-0.25, -0.2) is 12.7 Å². The van der Waals surface area contributed by atoms with E-state index in [1.54, 1.807) is 35.6 Å². The maximum Gasteiger partial charge on any atom is 0.242 e. The summed E-state index contributed by atoms with van der Waals surface area (Å²) in [6.07, 6.45) is 0. The first kappa shape index (κ1) is 14.0. The van der Waals surface area contributed by atoms with Gasteiger partial charge in [0, 0.05) is 26.3 Å². The highest BCUT2D eigenvalue weighted by Crippen LogP contribution is 2.17. The van der Waals surface area contributed by atoms with Gasteiger partial charge in [0.05, 0.1) is 4.90 Å². The summed E-state index contributed by atoms with van der Waals surface area (Å²) in [5.41, 5.74) is 2.12. The third-order valence-electron chi connectivity index (χ3n) is 2.71. The minimum Gasteiger partial charge on any atom is -0.381 e. The molecule has 0 atom stereocenters. The molecule has 0 saturated carbocycles. The Balaban J connectivity index is 2.07. The molecule has 6 heteroatoms. The minimum absolute atomic E-state index is 0.304. The predicted molar refractivity (Wildman–Crippen MR) is 79.0 cm³/mol. The van der Waals surface area contributed by atoms with Gasteiger partial charge in [-0.15, -0.1) is 0 Å². The summed E-state index contributed by atoms with van der Waals surface area (Å²) < 4.78 is 25.0. The van der Waals surface area contributed by atoms with Crippen LogP contribution in [0, 0.1) is 0 Å². The van der Waals surface area contributed by atoms with Crippen LogP contribution >= 0.6 is 11.3 Å². The smallest absolute Gasteiger partial charge is 0.242 e. The molecule has 2 rings (SSSR count). The highest BCUT2D eigenvalue weighted by molar-refractivity contribution is 7.89. The van der Waals surface area contributed by atoms with Crippen LogP contribution in [-0.4, -0.2) is 26.8 Å². The lowest BCUT2D eigenvalue weighted by Crippen LogP contribution is -2.22. The van der Waals surface area contributed by atoms with Crippen molar-refractivity contribution >= 4 is 27.0 Å². The Morgan fingerprint density at radius 2 is 1.84 bits per heavy atom. The van der Waals surface area contributed by atoms with Gasteiger partial charge in [-0.05, 0) is 46.7 Å². The van der Waals surface area contributed by atoms with Crippen LogP contribution < -0.4 is 5.32 Å². The molecule has 0 fully saturated rings. The maximum atomic E-state index is 11.9. The Labute approximate surface area is 117 Å². The number of nitrogens with one attached hydrogen (secondary N) is 1. The predicted octanol–water partition coefficient (Wildman–Crippen LogP) is 2.61. The zero-order valence-electron chi connectivity index (χ0n) is 10.8. The molecule has 102 valence electrons. The lowest BCUT2D eigenvalue weighted by molar-refractivity contribution is 0.521. The van der Waals surface area contributed by atoms with E-state index in [2.05, 4.69) is 16.8 Å². The molecule has 0 bridgehead atoms. The highest BCUT2D eigenvalue weighted by Gasteiger charge is 2.16. The van der Waals surface area contributed by atoms with Crippen molar-refractivity contribution in [3.8, 4) is 0 Å². The zero-order chi connectivity index (χ0) is 13.9.